The minimum absolute atomic E-state index is 0.132. The summed E-state index contributed by atoms with van der Waals surface area (Å²) in [7, 11) is 5.74. The molecule has 3 aromatic carbocycles. The van der Waals surface area contributed by atoms with E-state index in [1.807, 2.05) is 72.0 Å². The molecule has 0 saturated heterocycles. The summed E-state index contributed by atoms with van der Waals surface area (Å²) in [6, 6.07) is 18.5. The first kappa shape index (κ1) is 25.8. The van der Waals surface area contributed by atoms with Crippen molar-refractivity contribution < 1.29 is 14.2 Å². The van der Waals surface area contributed by atoms with Crippen molar-refractivity contribution in [3.05, 3.63) is 101 Å². The number of hydrogen-bond acceptors (Lipinski definition) is 7. The molecule has 1 heterocycles. The van der Waals surface area contributed by atoms with Crippen LogP contribution in [0.5, 0.6) is 0 Å². The van der Waals surface area contributed by atoms with E-state index >= 15 is 0 Å². The average molecular weight is 523 g/mol. The molecule has 0 fully saturated rings. The zero-order valence-corrected chi connectivity index (χ0v) is 22.4. The number of hydrogen-bond donors (Lipinski definition) is 3. The van der Waals surface area contributed by atoms with Gasteiger partial charge in [-0.15, -0.1) is 0 Å². The van der Waals surface area contributed by atoms with E-state index in [2.05, 4.69) is 26.2 Å². The maximum Gasteiger partial charge on any atom is 0.279 e. The van der Waals surface area contributed by atoms with Gasteiger partial charge in [0.1, 0.15) is 12.4 Å². The summed E-state index contributed by atoms with van der Waals surface area (Å²) in [6.07, 6.45) is 4.80. The van der Waals surface area contributed by atoms with Crippen molar-refractivity contribution in [3.63, 3.8) is 0 Å². The third-order valence-electron chi connectivity index (χ3n) is 6.94. The van der Waals surface area contributed by atoms with Crippen LogP contribution in [-0.2, 0) is 20.6 Å². The van der Waals surface area contributed by atoms with Crippen LogP contribution < -0.4 is 20.5 Å². The van der Waals surface area contributed by atoms with Crippen LogP contribution in [0.4, 0.5) is 22.7 Å². The van der Waals surface area contributed by atoms with Gasteiger partial charge in [-0.3, -0.25) is 9.59 Å². The molecule has 1 aliphatic rings. The fourth-order valence-electron chi connectivity index (χ4n) is 4.79. The number of carbonyl (C=O) groups is 2. The standard InChI is InChI=1S/C30H31N7O2/c1-31-24-13-14-25(28-27(24)29(38)22-7-4-5-8-23(22)30(28)39)33-16-6-15-32-20-9-11-21(12-10-20)35-34-19-26-36(2)17-18-37(26)3/h4-5,7-14,17-18H,6,15-16,19H2,1-3H3,(H2-,31,32,33,34,35,38,39)/p+1. The second-order valence-electron chi connectivity index (χ2n) is 9.45. The number of carbonyl (C=O) groups excluding carboxylic acids is 2. The zero-order valence-electron chi connectivity index (χ0n) is 22.4. The largest absolute Gasteiger partial charge is 0.388 e. The lowest BCUT2D eigenvalue weighted by molar-refractivity contribution is -0.678. The van der Waals surface area contributed by atoms with Gasteiger partial charge in [-0.1, -0.05) is 24.3 Å². The van der Waals surface area contributed by atoms with Crippen molar-refractivity contribution in [1.29, 1.82) is 0 Å². The lowest BCUT2D eigenvalue weighted by Crippen LogP contribution is -2.31. The molecule has 0 saturated carbocycles. The van der Waals surface area contributed by atoms with E-state index in [4.69, 9.17) is 0 Å². The Bertz CT molecular complexity index is 1530. The lowest BCUT2D eigenvalue weighted by Gasteiger charge is -2.23. The van der Waals surface area contributed by atoms with Crippen molar-refractivity contribution in [3.8, 4) is 0 Å². The predicted molar refractivity (Wildman–Crippen MR) is 152 cm³/mol. The minimum atomic E-state index is -0.133. The number of aromatic nitrogens is 2. The number of imidazole rings is 1. The molecule has 0 spiro atoms. The number of anilines is 3. The molecule has 0 radical (unpaired) electrons. The molecular weight excluding hydrogens is 490 g/mol. The fraction of sp³-hybridized carbons (Fsp3) is 0.233. The number of ketones is 2. The maximum atomic E-state index is 13.4. The Labute approximate surface area is 227 Å². The summed E-state index contributed by atoms with van der Waals surface area (Å²) in [5.41, 5.74) is 4.89. The maximum absolute atomic E-state index is 13.4. The number of fused-ring (bicyclic) bond motifs is 2. The van der Waals surface area contributed by atoms with Gasteiger partial charge in [0.05, 0.1) is 30.9 Å². The van der Waals surface area contributed by atoms with Crippen LogP contribution in [0.3, 0.4) is 0 Å². The normalized spacial score (nSPS) is 12.4. The Morgan fingerprint density at radius 2 is 1.49 bits per heavy atom. The van der Waals surface area contributed by atoms with E-state index < -0.39 is 0 Å². The van der Waals surface area contributed by atoms with Crippen LogP contribution in [0.1, 0.15) is 44.1 Å². The molecule has 5 rings (SSSR count). The molecule has 0 bridgehead atoms. The third-order valence-corrected chi connectivity index (χ3v) is 6.94. The van der Waals surface area contributed by atoms with Crippen molar-refractivity contribution in [2.75, 3.05) is 36.1 Å². The van der Waals surface area contributed by atoms with Crippen LogP contribution in [0, 0.1) is 0 Å². The summed E-state index contributed by atoms with van der Waals surface area (Å²) in [6.45, 7) is 1.90. The average Bonchev–Trinajstić information content (AvgIpc) is 3.28. The summed E-state index contributed by atoms with van der Waals surface area (Å²) in [5.74, 6) is 0.810. The van der Waals surface area contributed by atoms with Crippen LogP contribution in [0.15, 0.2) is 83.3 Å². The Morgan fingerprint density at radius 1 is 0.846 bits per heavy atom. The molecule has 0 atom stereocenters. The van der Waals surface area contributed by atoms with Crippen molar-refractivity contribution in [1.82, 2.24) is 4.57 Å². The molecule has 0 unspecified atom stereocenters. The monoisotopic (exact) mass is 522 g/mol. The van der Waals surface area contributed by atoms with E-state index in [1.165, 1.54) is 0 Å². The number of nitrogens with zero attached hydrogens (tertiary/aromatic N) is 4. The molecule has 0 amide bonds. The van der Waals surface area contributed by atoms with E-state index in [-0.39, 0.29) is 11.6 Å². The van der Waals surface area contributed by atoms with Gasteiger partial charge in [-0.25, -0.2) is 9.13 Å². The molecule has 9 heteroatoms. The first-order chi connectivity index (χ1) is 19.0. The summed E-state index contributed by atoms with van der Waals surface area (Å²) in [4.78, 5) is 26.6. The highest BCUT2D eigenvalue weighted by atomic mass is 16.1. The van der Waals surface area contributed by atoms with Gasteiger partial charge in [-0.2, -0.15) is 10.2 Å². The number of nitrogens with one attached hydrogen (secondary N) is 3. The van der Waals surface area contributed by atoms with E-state index in [0.29, 0.717) is 46.7 Å². The SMILES string of the molecule is CNc1ccc(NCCCNc2ccc(N=NCc3n(C)cc[n+]3C)cc2)c2c1C(=O)c1ccccc1C2=O. The quantitative estimate of drug-likeness (QED) is 0.138. The fourth-order valence-corrected chi connectivity index (χ4v) is 4.79. The Morgan fingerprint density at radius 3 is 2.13 bits per heavy atom. The summed E-state index contributed by atoms with van der Waals surface area (Å²) in [5, 5.41) is 18.5. The first-order valence-corrected chi connectivity index (χ1v) is 13.0. The van der Waals surface area contributed by atoms with Crippen LogP contribution in [-0.4, -0.2) is 36.3 Å². The summed E-state index contributed by atoms with van der Waals surface area (Å²) < 4.78 is 4.06. The predicted octanol–water partition coefficient (Wildman–Crippen LogP) is 4.86. The van der Waals surface area contributed by atoms with Gasteiger partial charge in [-0.05, 0) is 42.8 Å². The highest BCUT2D eigenvalue weighted by molar-refractivity contribution is 6.31. The van der Waals surface area contributed by atoms with E-state index in [1.54, 1.807) is 31.3 Å². The third kappa shape index (κ3) is 5.29. The number of rotatable bonds is 10. The molecule has 3 N–H and O–H groups in total. The molecule has 0 aliphatic heterocycles. The van der Waals surface area contributed by atoms with Crippen molar-refractivity contribution in [2.24, 2.45) is 24.3 Å². The minimum Gasteiger partial charge on any atom is -0.388 e. The van der Waals surface area contributed by atoms with Crippen molar-refractivity contribution in [2.45, 2.75) is 13.0 Å². The molecule has 39 heavy (non-hydrogen) atoms. The number of benzene rings is 3. The van der Waals surface area contributed by atoms with E-state index in [0.717, 1.165) is 30.2 Å². The number of azo groups is 1. The van der Waals surface area contributed by atoms with Crippen molar-refractivity contribution >= 4 is 34.3 Å². The smallest absolute Gasteiger partial charge is 0.279 e. The van der Waals surface area contributed by atoms with Gasteiger partial charge in [0.15, 0.2) is 18.1 Å². The van der Waals surface area contributed by atoms with Gasteiger partial charge in [0.2, 0.25) is 0 Å². The van der Waals surface area contributed by atoms with Gasteiger partial charge < -0.3 is 16.0 Å². The second-order valence-corrected chi connectivity index (χ2v) is 9.45. The van der Waals surface area contributed by atoms with Gasteiger partial charge in [0, 0.05) is 48.3 Å². The lowest BCUT2D eigenvalue weighted by atomic mass is 9.82. The molecule has 9 nitrogen and oxygen atoms in total. The second kappa shape index (κ2) is 11.3. The Kier molecular flexibility index (Phi) is 7.49. The highest BCUT2D eigenvalue weighted by Gasteiger charge is 2.33. The topological polar surface area (TPSA) is 104 Å². The van der Waals surface area contributed by atoms with Crippen LogP contribution >= 0.6 is 0 Å². The molecule has 1 aliphatic carbocycles. The zero-order chi connectivity index (χ0) is 27.4. The van der Waals surface area contributed by atoms with Crippen LogP contribution in [0.25, 0.3) is 0 Å². The van der Waals surface area contributed by atoms with Gasteiger partial charge >= 0.3 is 0 Å². The molecular formula is C30H32N7O2+. The molecule has 4 aromatic rings. The summed E-state index contributed by atoms with van der Waals surface area (Å²) >= 11 is 0. The van der Waals surface area contributed by atoms with Gasteiger partial charge in [0.25, 0.3) is 5.82 Å². The molecule has 1 aromatic heterocycles. The Balaban J connectivity index is 1.16. The molecule has 198 valence electrons. The number of aryl methyl sites for hydroxylation is 2. The Hall–Kier alpha value is -4.79. The van der Waals surface area contributed by atoms with Crippen LogP contribution in [0.2, 0.25) is 0 Å². The first-order valence-electron chi connectivity index (χ1n) is 13.0. The highest BCUT2D eigenvalue weighted by Crippen LogP contribution is 2.36. The van der Waals surface area contributed by atoms with E-state index in [9.17, 15) is 9.59 Å².